The zero-order valence-corrected chi connectivity index (χ0v) is 23.6. The van der Waals surface area contributed by atoms with Crippen LogP contribution in [0.3, 0.4) is 0 Å². The number of piperazine rings is 1. The molecule has 40 heavy (non-hydrogen) atoms. The predicted molar refractivity (Wildman–Crippen MR) is 157 cm³/mol. The average molecular weight is 560 g/mol. The van der Waals surface area contributed by atoms with Gasteiger partial charge in [-0.1, -0.05) is 60.1 Å². The first-order chi connectivity index (χ1) is 19.5. The van der Waals surface area contributed by atoms with E-state index in [2.05, 4.69) is 21.9 Å². The molecular weight excluding hydrogens is 526 g/mol. The van der Waals surface area contributed by atoms with Crippen LogP contribution < -0.4 is 14.4 Å². The van der Waals surface area contributed by atoms with Gasteiger partial charge in [0.05, 0.1) is 31.5 Å². The fraction of sp³-hybridized carbons (Fsp3) is 0.281. The second kappa shape index (κ2) is 12.9. The van der Waals surface area contributed by atoms with Gasteiger partial charge in [0.15, 0.2) is 17.3 Å². The van der Waals surface area contributed by atoms with E-state index < -0.39 is 0 Å². The summed E-state index contributed by atoms with van der Waals surface area (Å²) in [5, 5.41) is 0.728. The van der Waals surface area contributed by atoms with E-state index in [1.807, 2.05) is 71.6 Å². The number of hydrogen-bond donors (Lipinski definition) is 0. The van der Waals surface area contributed by atoms with Crippen molar-refractivity contribution in [2.45, 2.75) is 19.6 Å². The fourth-order valence-electron chi connectivity index (χ4n) is 5.06. The zero-order valence-electron chi connectivity index (χ0n) is 22.9. The van der Waals surface area contributed by atoms with Gasteiger partial charge in [-0.05, 0) is 47.5 Å². The average Bonchev–Trinajstić information content (AvgIpc) is 3.46. The summed E-state index contributed by atoms with van der Waals surface area (Å²) in [4.78, 5) is 19.6. The Labute approximate surface area is 240 Å². The number of halogens is 1. The molecule has 1 aromatic heterocycles. The first kappa shape index (κ1) is 27.6. The van der Waals surface area contributed by atoms with Crippen molar-refractivity contribution in [3.05, 3.63) is 113 Å². The highest BCUT2D eigenvalue weighted by atomic mass is 35.5. The highest BCUT2D eigenvalue weighted by Gasteiger charge is 2.25. The van der Waals surface area contributed by atoms with Gasteiger partial charge in [0, 0.05) is 39.3 Å². The molecule has 2 heterocycles. The number of anilines is 1. The number of ether oxygens (including phenoxy) is 2. The third kappa shape index (κ3) is 6.61. The monoisotopic (exact) mass is 559 g/mol. The number of carbonyl (C=O) groups is 1. The molecule has 4 aromatic rings. The topological polar surface area (TPSA) is 58.4 Å². The lowest BCUT2D eigenvalue weighted by molar-refractivity contribution is 0.0710. The number of carbonyl (C=O) groups excluding carboxylic acids is 1. The van der Waals surface area contributed by atoms with E-state index in [4.69, 9.17) is 25.5 Å². The van der Waals surface area contributed by atoms with Gasteiger partial charge in [-0.2, -0.15) is 0 Å². The molecule has 1 saturated heterocycles. The van der Waals surface area contributed by atoms with E-state index in [0.717, 1.165) is 41.7 Å². The molecule has 7 nitrogen and oxygen atoms in total. The molecule has 0 aliphatic carbocycles. The van der Waals surface area contributed by atoms with Crippen LogP contribution in [0.5, 0.6) is 11.5 Å². The molecule has 0 atom stereocenters. The molecule has 1 aliphatic heterocycles. The van der Waals surface area contributed by atoms with Crippen LogP contribution in [0, 0.1) is 0 Å². The first-order valence-corrected chi connectivity index (χ1v) is 13.8. The van der Waals surface area contributed by atoms with Gasteiger partial charge in [-0.3, -0.25) is 9.69 Å². The van der Waals surface area contributed by atoms with Crippen LogP contribution in [0.2, 0.25) is 5.02 Å². The molecule has 0 N–H and O–H groups in total. The van der Waals surface area contributed by atoms with Gasteiger partial charge in [0.25, 0.3) is 5.91 Å². The van der Waals surface area contributed by atoms with Gasteiger partial charge in [0.1, 0.15) is 5.76 Å². The molecule has 1 aliphatic rings. The standard InChI is InChI=1S/C32H34ClN3O4/c1-38-29-14-12-25(20-31(29)39-2)22-34(21-24-8-4-3-5-9-24)23-26-13-15-30(40-26)32(37)36-18-16-35(17-19-36)28-11-7-6-10-27(28)33/h3-15,20H,16-19,21-23H2,1-2H3. The Bertz CT molecular complexity index is 1420. The minimum Gasteiger partial charge on any atom is -0.493 e. The fourth-order valence-corrected chi connectivity index (χ4v) is 5.31. The third-order valence-corrected chi connectivity index (χ3v) is 7.43. The minimum absolute atomic E-state index is 0.0837. The van der Waals surface area contributed by atoms with Crippen molar-refractivity contribution < 1.29 is 18.7 Å². The zero-order chi connectivity index (χ0) is 27.9. The normalized spacial score (nSPS) is 13.5. The summed E-state index contributed by atoms with van der Waals surface area (Å²) < 4.78 is 17.0. The number of methoxy groups -OCH3 is 2. The molecule has 5 rings (SSSR count). The van der Waals surface area contributed by atoms with Gasteiger partial charge in [0.2, 0.25) is 0 Å². The summed E-state index contributed by atoms with van der Waals surface area (Å²) in [5.41, 5.74) is 3.29. The molecule has 0 radical (unpaired) electrons. The van der Waals surface area contributed by atoms with Crippen molar-refractivity contribution in [3.63, 3.8) is 0 Å². The van der Waals surface area contributed by atoms with Gasteiger partial charge in [-0.15, -0.1) is 0 Å². The predicted octanol–water partition coefficient (Wildman–Crippen LogP) is 6.12. The number of para-hydroxylation sites is 1. The van der Waals surface area contributed by atoms with Crippen molar-refractivity contribution in [2.75, 3.05) is 45.3 Å². The summed E-state index contributed by atoms with van der Waals surface area (Å²) in [5.74, 6) is 2.42. The number of nitrogens with zero attached hydrogens (tertiary/aromatic N) is 3. The van der Waals surface area contributed by atoms with Crippen molar-refractivity contribution in [2.24, 2.45) is 0 Å². The Morgan fingerprint density at radius 2 is 1.50 bits per heavy atom. The third-order valence-electron chi connectivity index (χ3n) is 7.12. The Hall–Kier alpha value is -3.94. The second-order valence-electron chi connectivity index (χ2n) is 9.82. The number of hydrogen-bond acceptors (Lipinski definition) is 6. The van der Waals surface area contributed by atoms with Crippen molar-refractivity contribution in [3.8, 4) is 11.5 Å². The summed E-state index contributed by atoms with van der Waals surface area (Å²) in [6.45, 7) is 4.61. The Kier molecular flexibility index (Phi) is 8.94. The van der Waals surface area contributed by atoms with Crippen LogP contribution in [-0.2, 0) is 19.6 Å². The lowest BCUT2D eigenvalue weighted by Gasteiger charge is -2.36. The molecule has 1 amide bonds. The van der Waals surface area contributed by atoms with Crippen molar-refractivity contribution in [1.82, 2.24) is 9.80 Å². The highest BCUT2D eigenvalue weighted by Crippen LogP contribution is 2.29. The van der Waals surface area contributed by atoms with Crippen LogP contribution in [0.1, 0.15) is 27.4 Å². The molecule has 208 valence electrons. The molecular formula is C32H34ClN3O4. The maximum Gasteiger partial charge on any atom is 0.289 e. The van der Waals surface area contributed by atoms with E-state index in [1.54, 1.807) is 20.3 Å². The summed E-state index contributed by atoms with van der Waals surface area (Å²) in [7, 11) is 3.27. The maximum atomic E-state index is 13.3. The number of furan rings is 1. The molecule has 0 saturated carbocycles. The molecule has 3 aromatic carbocycles. The molecule has 0 bridgehead atoms. The van der Waals surface area contributed by atoms with Crippen LogP contribution >= 0.6 is 11.6 Å². The number of amides is 1. The molecule has 0 unspecified atom stereocenters. The first-order valence-electron chi connectivity index (χ1n) is 13.4. The summed E-state index contributed by atoms with van der Waals surface area (Å²) in [6, 6.07) is 27.8. The van der Waals surface area contributed by atoms with Crippen LogP contribution in [-0.4, -0.2) is 56.1 Å². The smallest absolute Gasteiger partial charge is 0.289 e. The van der Waals surface area contributed by atoms with Crippen molar-refractivity contribution in [1.29, 1.82) is 0 Å². The lowest BCUT2D eigenvalue weighted by atomic mass is 10.1. The maximum absolute atomic E-state index is 13.3. The molecule has 8 heteroatoms. The van der Waals surface area contributed by atoms with Gasteiger partial charge < -0.3 is 23.7 Å². The molecule has 1 fully saturated rings. The van der Waals surface area contributed by atoms with Gasteiger partial charge >= 0.3 is 0 Å². The van der Waals surface area contributed by atoms with Crippen LogP contribution in [0.4, 0.5) is 5.69 Å². The highest BCUT2D eigenvalue weighted by molar-refractivity contribution is 6.33. The van der Waals surface area contributed by atoms with E-state index in [0.29, 0.717) is 43.4 Å². The van der Waals surface area contributed by atoms with E-state index in [-0.39, 0.29) is 5.91 Å². The summed E-state index contributed by atoms with van der Waals surface area (Å²) in [6.07, 6.45) is 0. The van der Waals surface area contributed by atoms with Gasteiger partial charge in [-0.25, -0.2) is 0 Å². The van der Waals surface area contributed by atoms with E-state index >= 15 is 0 Å². The minimum atomic E-state index is -0.0837. The Morgan fingerprint density at radius 1 is 0.800 bits per heavy atom. The van der Waals surface area contributed by atoms with E-state index in [9.17, 15) is 4.79 Å². The second-order valence-corrected chi connectivity index (χ2v) is 10.2. The number of rotatable bonds is 10. The van der Waals surface area contributed by atoms with Crippen LogP contribution in [0.25, 0.3) is 0 Å². The number of benzene rings is 3. The largest absolute Gasteiger partial charge is 0.493 e. The Morgan fingerprint density at radius 3 is 2.23 bits per heavy atom. The lowest BCUT2D eigenvalue weighted by Crippen LogP contribution is -2.48. The van der Waals surface area contributed by atoms with Crippen molar-refractivity contribution >= 4 is 23.2 Å². The Balaban J connectivity index is 1.26. The summed E-state index contributed by atoms with van der Waals surface area (Å²) >= 11 is 6.37. The quantitative estimate of drug-likeness (QED) is 0.233. The van der Waals surface area contributed by atoms with Crippen LogP contribution in [0.15, 0.2) is 89.3 Å². The van der Waals surface area contributed by atoms with E-state index in [1.165, 1.54) is 5.56 Å². The molecule has 0 spiro atoms. The SMILES string of the molecule is COc1ccc(CN(Cc2ccccc2)Cc2ccc(C(=O)N3CCN(c4ccccc4Cl)CC3)o2)cc1OC.